The minimum Gasteiger partial charge on any atom is -0.461 e. The number of nitrogens with two attached hydrogens (primary N) is 1. The molecule has 2 N–H and O–H groups in total. The first-order valence-electron chi connectivity index (χ1n) is 5.15. The van der Waals surface area contributed by atoms with Crippen molar-refractivity contribution >= 4 is 27.3 Å². The Bertz CT molecular complexity index is 520. The van der Waals surface area contributed by atoms with E-state index in [9.17, 15) is 13.2 Å². The minimum absolute atomic E-state index is 0.0312. The summed E-state index contributed by atoms with van der Waals surface area (Å²) >= 11 is 1.05. The van der Waals surface area contributed by atoms with E-state index in [4.69, 9.17) is 14.6 Å². The third kappa shape index (κ3) is 4.05. The zero-order valence-corrected chi connectivity index (χ0v) is 11.8. The predicted molar refractivity (Wildman–Crippen MR) is 67.2 cm³/mol. The van der Waals surface area contributed by atoms with Gasteiger partial charge in [-0.05, 0) is 13.0 Å². The molecular weight excluding hydrogens is 278 g/mol. The molecule has 1 aromatic heterocycles. The summed E-state index contributed by atoms with van der Waals surface area (Å²) < 4.78 is 32.2. The molecule has 1 aromatic rings. The molecule has 0 aliphatic rings. The van der Waals surface area contributed by atoms with Gasteiger partial charge in [0.15, 0.2) is 0 Å². The van der Waals surface area contributed by atoms with Gasteiger partial charge < -0.3 is 9.47 Å². The fourth-order valence-corrected chi connectivity index (χ4v) is 3.33. The summed E-state index contributed by atoms with van der Waals surface area (Å²) in [4.78, 5) is 12.3. The average molecular weight is 293 g/mol. The molecule has 0 aliphatic heterocycles. The summed E-state index contributed by atoms with van der Waals surface area (Å²) in [6.45, 7) is 2.32. The smallest absolute Gasteiger partial charge is 0.348 e. The number of ether oxygens (including phenoxy) is 2. The lowest BCUT2D eigenvalue weighted by Gasteiger charge is -2.01. The quantitative estimate of drug-likeness (QED) is 0.621. The molecule has 0 atom stereocenters. The van der Waals surface area contributed by atoms with E-state index in [1.165, 1.54) is 6.07 Å². The number of rotatable bonds is 6. The maximum absolute atomic E-state index is 11.6. The van der Waals surface area contributed by atoms with E-state index in [1.54, 1.807) is 14.0 Å². The molecule has 6 nitrogen and oxygen atoms in total. The number of carbonyl (C=O) groups excluding carboxylic acids is 1. The van der Waals surface area contributed by atoms with Gasteiger partial charge >= 0.3 is 5.97 Å². The van der Waals surface area contributed by atoms with Crippen LogP contribution in [-0.4, -0.2) is 34.7 Å². The molecule has 1 heterocycles. The van der Waals surface area contributed by atoms with Crippen LogP contribution in [0.1, 0.15) is 21.0 Å². The Balaban J connectivity index is 2.71. The Morgan fingerprint density at radius 2 is 2.11 bits per heavy atom. The largest absolute Gasteiger partial charge is 0.461 e. The first-order chi connectivity index (χ1) is 8.36. The molecule has 0 saturated heterocycles. The second-order valence-electron chi connectivity index (χ2n) is 3.56. The molecule has 18 heavy (non-hydrogen) atoms. The Hall–Kier alpha value is -0.960. The average Bonchev–Trinajstić information content (AvgIpc) is 2.66. The van der Waals surface area contributed by atoms with Gasteiger partial charge in [-0.15, -0.1) is 11.3 Å². The number of thiophene rings is 1. The maximum Gasteiger partial charge on any atom is 0.348 e. The highest BCUT2D eigenvalue weighted by atomic mass is 32.2. The van der Waals surface area contributed by atoms with Crippen molar-refractivity contribution in [2.24, 2.45) is 5.14 Å². The number of carbonyl (C=O) groups is 1. The van der Waals surface area contributed by atoms with Crippen molar-refractivity contribution in [1.82, 2.24) is 0 Å². The predicted octanol–water partition coefficient (Wildman–Crippen LogP) is 0.897. The van der Waals surface area contributed by atoms with Crippen molar-refractivity contribution in [3.63, 3.8) is 0 Å². The fraction of sp³-hybridized carbons (Fsp3) is 0.500. The third-order valence-corrected chi connectivity index (χ3v) is 4.30. The molecule has 102 valence electrons. The molecule has 0 radical (unpaired) electrons. The number of primary sulfonamides is 1. The highest BCUT2D eigenvalue weighted by Gasteiger charge is 2.19. The van der Waals surface area contributed by atoms with Gasteiger partial charge in [0.2, 0.25) is 10.0 Å². The van der Waals surface area contributed by atoms with Crippen molar-refractivity contribution in [3.8, 4) is 0 Å². The van der Waals surface area contributed by atoms with Crippen molar-refractivity contribution in [3.05, 3.63) is 15.8 Å². The zero-order chi connectivity index (χ0) is 13.8. The number of sulfonamides is 1. The lowest BCUT2D eigenvalue weighted by atomic mass is 10.4. The molecule has 1 rings (SSSR count). The molecule has 0 amide bonds. The Morgan fingerprint density at radius 3 is 2.61 bits per heavy atom. The zero-order valence-electron chi connectivity index (χ0n) is 10.1. The van der Waals surface area contributed by atoms with Crippen LogP contribution in [0.15, 0.2) is 11.0 Å². The van der Waals surface area contributed by atoms with Crippen molar-refractivity contribution in [2.75, 3.05) is 20.3 Å². The minimum atomic E-state index is -3.79. The van der Waals surface area contributed by atoms with Crippen LogP contribution in [0.5, 0.6) is 0 Å². The van der Waals surface area contributed by atoms with Crippen LogP contribution in [0.4, 0.5) is 0 Å². The summed E-state index contributed by atoms with van der Waals surface area (Å²) in [6, 6.07) is 1.24. The molecular formula is C10H15NO5S2. The van der Waals surface area contributed by atoms with Crippen LogP contribution >= 0.6 is 11.3 Å². The molecule has 0 aromatic carbocycles. The Kier molecular flexibility index (Phi) is 5.27. The van der Waals surface area contributed by atoms with Crippen molar-refractivity contribution < 1.29 is 22.7 Å². The van der Waals surface area contributed by atoms with E-state index < -0.39 is 16.0 Å². The number of hydrogen-bond acceptors (Lipinski definition) is 6. The Labute approximate surface area is 110 Å². The summed E-state index contributed by atoms with van der Waals surface area (Å²) in [6.07, 6.45) is 0.592. The SMILES string of the molecule is COCCCOC(=O)c1cc(S(N)(=O)=O)c(C)s1. The van der Waals surface area contributed by atoms with Gasteiger partial charge in [-0.1, -0.05) is 0 Å². The second kappa shape index (κ2) is 6.28. The van der Waals surface area contributed by atoms with Gasteiger partial charge in [-0.2, -0.15) is 0 Å². The summed E-state index contributed by atoms with van der Waals surface area (Å²) in [5, 5.41) is 5.02. The van der Waals surface area contributed by atoms with Gasteiger partial charge in [0.1, 0.15) is 4.88 Å². The molecule has 0 unspecified atom stereocenters. The normalized spacial score (nSPS) is 11.5. The second-order valence-corrected chi connectivity index (χ2v) is 6.34. The van der Waals surface area contributed by atoms with Crippen molar-refractivity contribution in [1.29, 1.82) is 0 Å². The third-order valence-electron chi connectivity index (χ3n) is 2.11. The van der Waals surface area contributed by atoms with Crippen LogP contribution in [0.3, 0.4) is 0 Å². The molecule has 0 bridgehead atoms. The number of esters is 1. The molecule has 0 saturated carbocycles. The number of aryl methyl sites for hydroxylation is 1. The Morgan fingerprint density at radius 1 is 1.44 bits per heavy atom. The fourth-order valence-electron chi connectivity index (χ4n) is 1.29. The summed E-state index contributed by atoms with van der Waals surface area (Å²) in [5.74, 6) is -0.547. The molecule has 0 aliphatic carbocycles. The monoisotopic (exact) mass is 293 g/mol. The van der Waals surface area contributed by atoms with Gasteiger partial charge in [0.25, 0.3) is 0 Å². The topological polar surface area (TPSA) is 95.7 Å². The maximum atomic E-state index is 11.6. The van der Waals surface area contributed by atoms with Gasteiger partial charge in [-0.25, -0.2) is 18.4 Å². The first-order valence-corrected chi connectivity index (χ1v) is 7.52. The highest BCUT2D eigenvalue weighted by Crippen LogP contribution is 2.25. The lowest BCUT2D eigenvalue weighted by molar-refractivity contribution is 0.0474. The first kappa shape index (κ1) is 15.1. The van der Waals surface area contributed by atoms with Gasteiger partial charge in [-0.3, -0.25) is 0 Å². The molecule has 0 fully saturated rings. The van der Waals surface area contributed by atoms with Crippen LogP contribution in [0.25, 0.3) is 0 Å². The highest BCUT2D eigenvalue weighted by molar-refractivity contribution is 7.89. The number of hydrogen-bond donors (Lipinski definition) is 1. The summed E-state index contributed by atoms with van der Waals surface area (Å²) in [5.41, 5.74) is 0. The van der Waals surface area contributed by atoms with E-state index in [-0.39, 0.29) is 16.4 Å². The van der Waals surface area contributed by atoms with Gasteiger partial charge in [0.05, 0.1) is 11.5 Å². The van der Waals surface area contributed by atoms with E-state index in [2.05, 4.69) is 0 Å². The lowest BCUT2D eigenvalue weighted by Crippen LogP contribution is -2.12. The van der Waals surface area contributed by atoms with E-state index in [0.29, 0.717) is 17.9 Å². The van der Waals surface area contributed by atoms with Gasteiger partial charge in [0, 0.05) is 25.0 Å². The standard InChI is InChI=1S/C10H15NO5S2/c1-7-9(18(11,13)14)6-8(17-7)10(12)16-5-3-4-15-2/h6H,3-5H2,1-2H3,(H2,11,13,14). The van der Waals surface area contributed by atoms with Crippen LogP contribution in [0.2, 0.25) is 0 Å². The van der Waals surface area contributed by atoms with Crippen LogP contribution in [0, 0.1) is 6.92 Å². The number of methoxy groups -OCH3 is 1. The van der Waals surface area contributed by atoms with Crippen LogP contribution in [-0.2, 0) is 19.5 Å². The van der Waals surface area contributed by atoms with E-state index in [0.717, 1.165) is 11.3 Å². The van der Waals surface area contributed by atoms with Crippen LogP contribution < -0.4 is 5.14 Å². The van der Waals surface area contributed by atoms with E-state index in [1.807, 2.05) is 0 Å². The molecule has 8 heteroatoms. The van der Waals surface area contributed by atoms with Crippen molar-refractivity contribution in [2.45, 2.75) is 18.2 Å². The summed E-state index contributed by atoms with van der Waals surface area (Å²) in [7, 11) is -2.23. The molecule has 0 spiro atoms. The van der Waals surface area contributed by atoms with E-state index >= 15 is 0 Å².